The first kappa shape index (κ1) is 18.8. The Bertz CT molecular complexity index is 884. The Morgan fingerprint density at radius 2 is 2.04 bits per heavy atom. The van der Waals surface area contributed by atoms with Crippen LogP contribution in [0.1, 0.15) is 11.1 Å². The second kappa shape index (κ2) is 8.12. The molecule has 2 aromatic carbocycles. The van der Waals surface area contributed by atoms with Gasteiger partial charge in [0.2, 0.25) is 0 Å². The quantitative estimate of drug-likeness (QED) is 0.586. The van der Waals surface area contributed by atoms with Crippen molar-refractivity contribution in [1.82, 2.24) is 4.90 Å². The highest BCUT2D eigenvalue weighted by Gasteiger charge is 2.31. The molecule has 134 valence electrons. The summed E-state index contributed by atoms with van der Waals surface area (Å²) in [5.74, 6) is 0.00382. The highest BCUT2D eigenvalue weighted by Crippen LogP contribution is 2.38. The molecule has 0 saturated carbocycles. The molecule has 0 atom stereocenters. The molecule has 1 heterocycles. The molecular weight excluding hydrogens is 390 g/mol. The summed E-state index contributed by atoms with van der Waals surface area (Å²) in [5, 5.41) is 9.98. The van der Waals surface area contributed by atoms with Gasteiger partial charge in [-0.05, 0) is 35.8 Å². The van der Waals surface area contributed by atoms with Gasteiger partial charge < -0.3 is 9.84 Å². The lowest BCUT2D eigenvalue weighted by Gasteiger charge is -2.14. The molecule has 2 aromatic rings. The summed E-state index contributed by atoms with van der Waals surface area (Å²) in [6.07, 6.45) is 2.44. The second-order valence-electron chi connectivity index (χ2n) is 5.62. The van der Waals surface area contributed by atoms with Crippen molar-refractivity contribution in [3.63, 3.8) is 0 Å². The zero-order chi connectivity index (χ0) is 18.7. The predicted molar refractivity (Wildman–Crippen MR) is 110 cm³/mol. The van der Waals surface area contributed by atoms with Crippen LogP contribution in [-0.2, 0) is 11.2 Å². The average Bonchev–Trinajstić information content (AvgIpc) is 2.90. The lowest BCUT2D eigenvalue weighted by Crippen LogP contribution is -2.30. The number of carbonyl (C=O) groups excluding carboxylic acids is 1. The maximum absolute atomic E-state index is 12.7. The van der Waals surface area contributed by atoms with E-state index in [1.165, 1.54) is 18.9 Å². The molecule has 1 N–H and O–H groups in total. The van der Waals surface area contributed by atoms with Crippen molar-refractivity contribution in [2.75, 3.05) is 13.7 Å². The van der Waals surface area contributed by atoms with E-state index in [2.05, 4.69) is 0 Å². The Morgan fingerprint density at radius 3 is 2.73 bits per heavy atom. The summed E-state index contributed by atoms with van der Waals surface area (Å²) >= 11 is 12.6. The number of nitrogens with zero attached hydrogens (tertiary/aromatic N) is 1. The molecule has 4 nitrogen and oxygen atoms in total. The number of phenols is 1. The number of methoxy groups -OCH3 is 1. The average molecular weight is 406 g/mol. The summed E-state index contributed by atoms with van der Waals surface area (Å²) in [6.45, 7) is 0.533. The Morgan fingerprint density at radius 1 is 1.31 bits per heavy atom. The number of benzene rings is 2. The number of halogens is 1. The fraction of sp³-hybridized carbons (Fsp3) is 0.158. The van der Waals surface area contributed by atoms with Crippen molar-refractivity contribution in [3.8, 4) is 11.5 Å². The minimum atomic E-state index is -0.126. The summed E-state index contributed by atoms with van der Waals surface area (Å²) in [5.41, 5.74) is 1.81. The number of rotatable bonds is 5. The molecule has 0 radical (unpaired) electrons. The van der Waals surface area contributed by atoms with Gasteiger partial charge in [0.25, 0.3) is 5.91 Å². The molecule has 1 saturated heterocycles. The number of hydrogen-bond acceptors (Lipinski definition) is 5. The van der Waals surface area contributed by atoms with E-state index in [-0.39, 0.29) is 22.4 Å². The third-order valence-electron chi connectivity index (χ3n) is 3.91. The van der Waals surface area contributed by atoms with Gasteiger partial charge in [0.05, 0.1) is 17.0 Å². The van der Waals surface area contributed by atoms with Crippen LogP contribution in [0.15, 0.2) is 47.4 Å². The third kappa shape index (κ3) is 4.03. The van der Waals surface area contributed by atoms with Crippen molar-refractivity contribution >= 4 is 51.9 Å². The van der Waals surface area contributed by atoms with Crippen molar-refractivity contribution < 1.29 is 14.6 Å². The number of thioether (sulfide) groups is 1. The predicted octanol–water partition coefficient (Wildman–Crippen LogP) is 4.50. The molecule has 26 heavy (non-hydrogen) atoms. The van der Waals surface area contributed by atoms with Gasteiger partial charge in [0, 0.05) is 6.54 Å². The normalized spacial score (nSPS) is 15.8. The van der Waals surface area contributed by atoms with Crippen LogP contribution in [0.25, 0.3) is 6.08 Å². The van der Waals surface area contributed by atoms with E-state index in [0.717, 1.165) is 12.0 Å². The van der Waals surface area contributed by atoms with Crippen LogP contribution in [0.2, 0.25) is 5.02 Å². The summed E-state index contributed by atoms with van der Waals surface area (Å²) < 4.78 is 5.63. The summed E-state index contributed by atoms with van der Waals surface area (Å²) in [4.78, 5) is 14.8. The maximum atomic E-state index is 12.7. The molecule has 0 bridgehead atoms. The number of aromatic hydroxyl groups is 1. The van der Waals surface area contributed by atoms with Crippen LogP contribution >= 0.6 is 35.6 Å². The third-order valence-corrected chi connectivity index (χ3v) is 5.57. The van der Waals surface area contributed by atoms with Gasteiger partial charge in [-0.3, -0.25) is 9.69 Å². The zero-order valence-corrected chi connectivity index (χ0v) is 16.3. The lowest BCUT2D eigenvalue weighted by molar-refractivity contribution is -0.122. The van der Waals surface area contributed by atoms with Crippen LogP contribution in [0.4, 0.5) is 0 Å². The Hall–Kier alpha value is -2.02. The Labute approximate surface area is 166 Å². The molecule has 1 aliphatic heterocycles. The van der Waals surface area contributed by atoms with Crippen LogP contribution in [0, 0.1) is 0 Å². The summed E-state index contributed by atoms with van der Waals surface area (Å²) in [7, 11) is 1.44. The van der Waals surface area contributed by atoms with E-state index in [1.807, 2.05) is 30.3 Å². The fourth-order valence-corrected chi connectivity index (χ4v) is 4.09. The SMILES string of the molecule is COc1cc(C=C2SC(=S)N(CCc3ccccc3)C2=O)cc(Cl)c1O. The van der Waals surface area contributed by atoms with E-state index in [4.69, 9.17) is 28.6 Å². The second-order valence-corrected chi connectivity index (χ2v) is 7.71. The fourth-order valence-electron chi connectivity index (χ4n) is 2.56. The van der Waals surface area contributed by atoms with E-state index in [0.29, 0.717) is 21.3 Å². The zero-order valence-electron chi connectivity index (χ0n) is 13.9. The standard InChI is InChI=1S/C19H16ClNO3S2/c1-24-15-10-13(9-14(20)17(15)22)11-16-18(23)21(19(25)26-16)8-7-12-5-3-2-4-6-12/h2-6,9-11,22H,7-8H2,1H3. The highest BCUT2D eigenvalue weighted by molar-refractivity contribution is 8.26. The number of phenolic OH excluding ortho intramolecular Hbond substituents is 1. The van der Waals surface area contributed by atoms with Crippen molar-refractivity contribution in [1.29, 1.82) is 0 Å². The van der Waals surface area contributed by atoms with Crippen LogP contribution in [-0.4, -0.2) is 33.9 Å². The number of amides is 1. The van der Waals surface area contributed by atoms with Gasteiger partial charge in [-0.25, -0.2) is 0 Å². The molecule has 0 unspecified atom stereocenters. The van der Waals surface area contributed by atoms with Crippen LogP contribution < -0.4 is 4.74 Å². The van der Waals surface area contributed by atoms with Gasteiger partial charge in [0.15, 0.2) is 11.5 Å². The molecule has 0 aromatic heterocycles. The van der Waals surface area contributed by atoms with Crippen molar-refractivity contribution in [2.45, 2.75) is 6.42 Å². The smallest absolute Gasteiger partial charge is 0.266 e. The Kier molecular flexibility index (Phi) is 5.86. The Balaban J connectivity index is 1.78. The number of hydrogen-bond donors (Lipinski definition) is 1. The number of carbonyl (C=O) groups is 1. The topological polar surface area (TPSA) is 49.8 Å². The van der Waals surface area contributed by atoms with E-state index in [1.54, 1.807) is 23.1 Å². The minimum absolute atomic E-state index is 0.123. The van der Waals surface area contributed by atoms with Gasteiger partial charge >= 0.3 is 0 Å². The van der Waals surface area contributed by atoms with E-state index >= 15 is 0 Å². The van der Waals surface area contributed by atoms with Crippen LogP contribution in [0.5, 0.6) is 11.5 Å². The molecule has 7 heteroatoms. The van der Waals surface area contributed by atoms with Crippen molar-refractivity contribution in [3.05, 3.63) is 63.5 Å². The molecule has 1 amide bonds. The summed E-state index contributed by atoms with van der Waals surface area (Å²) in [6, 6.07) is 13.2. The first-order valence-corrected chi connectivity index (χ1v) is 9.45. The molecule has 1 aliphatic rings. The monoisotopic (exact) mass is 405 g/mol. The lowest BCUT2D eigenvalue weighted by atomic mass is 10.1. The van der Waals surface area contributed by atoms with E-state index < -0.39 is 0 Å². The number of thiocarbonyl (C=S) groups is 1. The van der Waals surface area contributed by atoms with Gasteiger partial charge in [0.1, 0.15) is 4.32 Å². The largest absolute Gasteiger partial charge is 0.503 e. The van der Waals surface area contributed by atoms with Crippen LogP contribution in [0.3, 0.4) is 0 Å². The molecule has 1 fully saturated rings. The molecule has 0 spiro atoms. The van der Waals surface area contributed by atoms with Gasteiger partial charge in [-0.15, -0.1) is 0 Å². The molecule has 3 rings (SSSR count). The highest BCUT2D eigenvalue weighted by atomic mass is 35.5. The first-order chi connectivity index (χ1) is 12.5. The first-order valence-electron chi connectivity index (χ1n) is 7.85. The van der Waals surface area contributed by atoms with Gasteiger partial charge in [-0.2, -0.15) is 0 Å². The van der Waals surface area contributed by atoms with E-state index in [9.17, 15) is 9.90 Å². The molecule has 0 aliphatic carbocycles. The minimum Gasteiger partial charge on any atom is -0.503 e. The maximum Gasteiger partial charge on any atom is 0.266 e. The number of ether oxygens (including phenoxy) is 1. The molecular formula is C19H16ClNO3S2. The van der Waals surface area contributed by atoms with Crippen molar-refractivity contribution in [2.24, 2.45) is 0 Å². The van der Waals surface area contributed by atoms with Gasteiger partial charge in [-0.1, -0.05) is 65.9 Å².